The van der Waals surface area contributed by atoms with E-state index in [-0.39, 0.29) is 17.5 Å². The number of aryl methyl sites for hydroxylation is 3. The molecule has 172 valence electrons. The van der Waals surface area contributed by atoms with Crippen LogP contribution in [-0.2, 0) is 25.7 Å². The summed E-state index contributed by atoms with van der Waals surface area (Å²) in [5.74, 6) is -1.73. The number of rotatable bonds is 8. The Labute approximate surface area is 199 Å². The number of hydrogen-bond donors (Lipinski definition) is 4. The van der Waals surface area contributed by atoms with Gasteiger partial charge in [-0.2, -0.15) is 0 Å². The number of hydrogen-bond acceptors (Lipinski definition) is 4. The van der Waals surface area contributed by atoms with E-state index in [1.807, 2.05) is 66.7 Å². The van der Waals surface area contributed by atoms with Gasteiger partial charge in [-0.05, 0) is 54.0 Å². The minimum atomic E-state index is -0.449. The minimum Gasteiger partial charge on any atom is -0.504 e. The van der Waals surface area contributed by atoms with Gasteiger partial charge in [0.25, 0.3) is 0 Å². The van der Waals surface area contributed by atoms with E-state index < -0.39 is 23.0 Å². The molecule has 4 N–H and O–H groups in total. The lowest BCUT2D eigenvalue weighted by Gasteiger charge is -2.14. The lowest BCUT2D eigenvalue weighted by molar-refractivity contribution is 0.364. The van der Waals surface area contributed by atoms with Crippen LogP contribution in [0.1, 0.15) is 33.4 Å². The fraction of sp³-hybridized carbons (Fsp3) is 0.133. The van der Waals surface area contributed by atoms with Crippen molar-refractivity contribution >= 4 is 12.2 Å². The Kier molecular flexibility index (Phi) is 7.19. The molecule has 0 saturated heterocycles. The van der Waals surface area contributed by atoms with Crippen molar-refractivity contribution in [1.29, 1.82) is 0 Å². The highest BCUT2D eigenvalue weighted by molar-refractivity contribution is 5.81. The Bertz CT molecular complexity index is 1250. The summed E-state index contributed by atoms with van der Waals surface area (Å²) in [6, 6.07) is 27.9. The average Bonchev–Trinajstić information content (AvgIpc) is 2.88. The van der Waals surface area contributed by atoms with E-state index in [2.05, 4.69) is 18.2 Å². The molecule has 4 aromatic carbocycles. The summed E-state index contributed by atoms with van der Waals surface area (Å²) in [7, 11) is 0. The molecule has 4 rings (SSSR count). The van der Waals surface area contributed by atoms with Crippen LogP contribution in [0.15, 0.2) is 84.9 Å². The smallest absolute Gasteiger partial charge is 0.169 e. The SMILES string of the molecule is Oc1c(O)c(CCc2ccccc2)c(O)c(O)c1C=Cc1cccc(CCc2ccccc2)c1. The largest absolute Gasteiger partial charge is 0.504 e. The molecule has 34 heavy (non-hydrogen) atoms. The summed E-state index contributed by atoms with van der Waals surface area (Å²) in [5.41, 5.74) is 4.46. The zero-order valence-electron chi connectivity index (χ0n) is 18.9. The van der Waals surface area contributed by atoms with Gasteiger partial charge in [-0.15, -0.1) is 0 Å². The van der Waals surface area contributed by atoms with Crippen LogP contribution in [0.4, 0.5) is 0 Å². The normalized spacial score (nSPS) is 11.2. The Morgan fingerprint density at radius 1 is 0.471 bits per heavy atom. The molecule has 0 radical (unpaired) electrons. The molecule has 0 amide bonds. The molecule has 0 aliphatic heterocycles. The van der Waals surface area contributed by atoms with Gasteiger partial charge in [0.2, 0.25) is 0 Å². The van der Waals surface area contributed by atoms with Crippen LogP contribution in [0.5, 0.6) is 23.0 Å². The number of phenolic OH excluding ortho intramolecular Hbond substituents is 4. The van der Waals surface area contributed by atoms with Crippen LogP contribution in [0.2, 0.25) is 0 Å². The van der Waals surface area contributed by atoms with Crippen LogP contribution < -0.4 is 0 Å². The molecule has 0 bridgehead atoms. The molecule has 0 unspecified atom stereocenters. The molecule has 4 nitrogen and oxygen atoms in total. The molecule has 0 saturated carbocycles. The van der Waals surface area contributed by atoms with Crippen LogP contribution in [0, 0.1) is 0 Å². The van der Waals surface area contributed by atoms with Gasteiger partial charge >= 0.3 is 0 Å². The monoisotopic (exact) mass is 452 g/mol. The van der Waals surface area contributed by atoms with Gasteiger partial charge in [-0.1, -0.05) is 91.0 Å². The first-order valence-electron chi connectivity index (χ1n) is 11.4. The summed E-state index contributed by atoms with van der Waals surface area (Å²) in [6.45, 7) is 0. The second kappa shape index (κ2) is 10.6. The van der Waals surface area contributed by atoms with Crippen LogP contribution in [0.3, 0.4) is 0 Å². The van der Waals surface area contributed by atoms with Crippen molar-refractivity contribution in [3.8, 4) is 23.0 Å². The van der Waals surface area contributed by atoms with Crippen molar-refractivity contribution in [1.82, 2.24) is 0 Å². The molecular formula is C30H28O4. The summed E-state index contributed by atoms with van der Waals surface area (Å²) in [4.78, 5) is 0. The second-order valence-electron chi connectivity index (χ2n) is 8.34. The Morgan fingerprint density at radius 2 is 0.971 bits per heavy atom. The first-order chi connectivity index (χ1) is 16.5. The predicted molar refractivity (Wildman–Crippen MR) is 136 cm³/mol. The molecule has 0 aliphatic rings. The maximum absolute atomic E-state index is 10.6. The Balaban J connectivity index is 1.51. The fourth-order valence-corrected chi connectivity index (χ4v) is 4.04. The molecule has 0 atom stereocenters. The van der Waals surface area contributed by atoms with Crippen molar-refractivity contribution in [2.24, 2.45) is 0 Å². The first kappa shape index (κ1) is 23.0. The molecular weight excluding hydrogens is 424 g/mol. The van der Waals surface area contributed by atoms with Gasteiger partial charge in [0.05, 0.1) is 5.56 Å². The van der Waals surface area contributed by atoms with Gasteiger partial charge in [-0.25, -0.2) is 0 Å². The van der Waals surface area contributed by atoms with Gasteiger partial charge in [-0.3, -0.25) is 0 Å². The van der Waals surface area contributed by atoms with Gasteiger partial charge in [0.1, 0.15) is 0 Å². The van der Waals surface area contributed by atoms with Crippen molar-refractivity contribution in [3.05, 3.63) is 118 Å². The first-order valence-corrected chi connectivity index (χ1v) is 11.4. The van der Waals surface area contributed by atoms with Crippen molar-refractivity contribution in [3.63, 3.8) is 0 Å². The van der Waals surface area contributed by atoms with Crippen molar-refractivity contribution < 1.29 is 20.4 Å². The zero-order chi connectivity index (χ0) is 23.9. The van der Waals surface area contributed by atoms with Crippen LogP contribution >= 0.6 is 0 Å². The number of benzene rings is 4. The molecule has 0 spiro atoms. The maximum atomic E-state index is 10.6. The van der Waals surface area contributed by atoms with E-state index in [1.165, 1.54) is 17.2 Å². The van der Waals surface area contributed by atoms with Crippen molar-refractivity contribution in [2.75, 3.05) is 0 Å². The van der Waals surface area contributed by atoms with Crippen LogP contribution in [-0.4, -0.2) is 20.4 Å². The molecule has 0 heterocycles. The summed E-state index contributed by atoms with van der Waals surface area (Å²) in [6.07, 6.45) is 5.88. The highest BCUT2D eigenvalue weighted by Gasteiger charge is 2.21. The minimum absolute atomic E-state index is 0.0202. The lowest BCUT2D eigenvalue weighted by Crippen LogP contribution is -1.95. The number of phenols is 4. The highest BCUT2D eigenvalue weighted by Crippen LogP contribution is 2.47. The third-order valence-electron chi connectivity index (χ3n) is 5.98. The van der Waals surface area contributed by atoms with E-state index in [4.69, 9.17) is 0 Å². The summed E-state index contributed by atoms with van der Waals surface area (Å²) < 4.78 is 0. The van der Waals surface area contributed by atoms with Gasteiger partial charge in [0.15, 0.2) is 23.0 Å². The predicted octanol–water partition coefficient (Wildman–Crippen LogP) is 6.25. The fourth-order valence-electron chi connectivity index (χ4n) is 4.04. The summed E-state index contributed by atoms with van der Waals surface area (Å²) >= 11 is 0. The molecule has 4 aromatic rings. The molecule has 0 aliphatic carbocycles. The Hall–Kier alpha value is -4.18. The second-order valence-corrected chi connectivity index (χ2v) is 8.34. The summed E-state index contributed by atoms with van der Waals surface area (Å²) in [5, 5.41) is 42.2. The Morgan fingerprint density at radius 3 is 1.56 bits per heavy atom. The van der Waals surface area contributed by atoms with Crippen molar-refractivity contribution in [2.45, 2.75) is 25.7 Å². The molecule has 0 aromatic heterocycles. The van der Waals surface area contributed by atoms with E-state index in [1.54, 1.807) is 6.08 Å². The lowest BCUT2D eigenvalue weighted by atomic mass is 9.98. The standard InChI is InChI=1S/C30H28O4/c31-27-25(18-16-22-10-5-2-6-11-22)28(32)30(34)26(29(27)33)19-17-24-13-7-12-23(20-24)15-14-21-8-3-1-4-9-21/h1-13,17,19-20,31-34H,14-16,18H2. The van der Waals surface area contributed by atoms with E-state index in [0.29, 0.717) is 6.42 Å². The number of aromatic hydroxyl groups is 4. The quantitative estimate of drug-likeness (QED) is 0.145. The van der Waals surface area contributed by atoms with Gasteiger partial charge in [0, 0.05) is 5.56 Å². The van der Waals surface area contributed by atoms with E-state index in [0.717, 1.165) is 24.0 Å². The molecule has 0 fully saturated rings. The zero-order valence-corrected chi connectivity index (χ0v) is 18.9. The van der Waals surface area contributed by atoms with E-state index >= 15 is 0 Å². The average molecular weight is 453 g/mol. The van der Waals surface area contributed by atoms with Crippen LogP contribution in [0.25, 0.3) is 12.2 Å². The highest BCUT2D eigenvalue weighted by atomic mass is 16.3. The maximum Gasteiger partial charge on any atom is 0.169 e. The van der Waals surface area contributed by atoms with Gasteiger partial charge < -0.3 is 20.4 Å². The topological polar surface area (TPSA) is 80.9 Å². The van der Waals surface area contributed by atoms with E-state index in [9.17, 15) is 20.4 Å². The molecule has 4 heteroatoms. The third-order valence-corrected chi connectivity index (χ3v) is 5.98. The third kappa shape index (κ3) is 5.41.